The van der Waals surface area contributed by atoms with E-state index in [1.54, 1.807) is 6.20 Å². The maximum atomic E-state index is 6.25. The molecule has 130 valence electrons. The van der Waals surface area contributed by atoms with Crippen LogP contribution in [0.4, 0.5) is 5.82 Å². The molecule has 1 aliphatic heterocycles. The van der Waals surface area contributed by atoms with E-state index < -0.39 is 0 Å². The van der Waals surface area contributed by atoms with Crippen molar-refractivity contribution < 1.29 is 0 Å². The molecule has 1 aromatic rings. The summed E-state index contributed by atoms with van der Waals surface area (Å²) in [7, 11) is 1.83. The summed E-state index contributed by atoms with van der Waals surface area (Å²) in [4.78, 5) is 11.0. The fourth-order valence-electron chi connectivity index (χ4n) is 3.35. The van der Waals surface area contributed by atoms with E-state index in [0.29, 0.717) is 17.0 Å². The van der Waals surface area contributed by atoms with Crippen molar-refractivity contribution in [1.82, 2.24) is 15.6 Å². The van der Waals surface area contributed by atoms with E-state index in [1.807, 2.05) is 19.2 Å². The maximum Gasteiger partial charge on any atom is 0.191 e. The van der Waals surface area contributed by atoms with Crippen molar-refractivity contribution in [2.75, 3.05) is 31.6 Å². The van der Waals surface area contributed by atoms with Gasteiger partial charge < -0.3 is 15.5 Å². The number of anilines is 1. The Morgan fingerprint density at radius 3 is 3.08 bits per heavy atom. The average Bonchev–Trinajstić information content (AvgIpc) is 3.08. The summed E-state index contributed by atoms with van der Waals surface area (Å²) < 4.78 is 0. The molecular weight excluding hydrogens is 322 g/mol. The fourth-order valence-corrected chi connectivity index (χ4v) is 3.59. The van der Waals surface area contributed by atoms with E-state index >= 15 is 0 Å². The van der Waals surface area contributed by atoms with Gasteiger partial charge in [-0.3, -0.25) is 4.99 Å². The van der Waals surface area contributed by atoms with E-state index in [-0.39, 0.29) is 0 Å². The number of rotatable bonds is 4. The first-order valence-corrected chi connectivity index (χ1v) is 9.11. The predicted octanol–water partition coefficient (Wildman–Crippen LogP) is 2.84. The van der Waals surface area contributed by atoms with Crippen LogP contribution in [0.5, 0.6) is 0 Å². The maximum absolute atomic E-state index is 6.25. The van der Waals surface area contributed by atoms with E-state index in [0.717, 1.165) is 37.8 Å². The van der Waals surface area contributed by atoms with Crippen molar-refractivity contribution in [3.63, 3.8) is 0 Å². The molecule has 1 aromatic heterocycles. The van der Waals surface area contributed by atoms with Gasteiger partial charge in [0.1, 0.15) is 5.82 Å². The Balaban J connectivity index is 1.48. The van der Waals surface area contributed by atoms with Crippen molar-refractivity contribution in [3.05, 3.63) is 35.5 Å². The molecule has 0 bridgehead atoms. The van der Waals surface area contributed by atoms with Gasteiger partial charge in [-0.25, -0.2) is 4.98 Å². The summed E-state index contributed by atoms with van der Waals surface area (Å²) in [5, 5.41) is 7.72. The highest BCUT2D eigenvalue weighted by molar-refractivity contribution is 6.32. The Bertz CT molecular complexity index is 601. The zero-order valence-electron chi connectivity index (χ0n) is 14.2. The van der Waals surface area contributed by atoms with Gasteiger partial charge in [0.05, 0.1) is 5.02 Å². The van der Waals surface area contributed by atoms with E-state index in [1.165, 1.54) is 19.3 Å². The molecule has 2 aliphatic rings. The third kappa shape index (κ3) is 4.41. The highest BCUT2D eigenvalue weighted by Gasteiger charge is 2.25. The average molecular weight is 348 g/mol. The lowest BCUT2D eigenvalue weighted by Gasteiger charge is -2.22. The van der Waals surface area contributed by atoms with Gasteiger partial charge >= 0.3 is 0 Å². The van der Waals surface area contributed by atoms with Crippen LogP contribution in [0, 0.1) is 5.92 Å². The van der Waals surface area contributed by atoms with Crippen LogP contribution in [-0.4, -0.2) is 43.7 Å². The first-order valence-electron chi connectivity index (χ1n) is 8.74. The second-order valence-corrected chi connectivity index (χ2v) is 6.90. The van der Waals surface area contributed by atoms with Crippen LogP contribution in [0.25, 0.3) is 0 Å². The third-order valence-electron chi connectivity index (χ3n) is 4.73. The van der Waals surface area contributed by atoms with Gasteiger partial charge in [0.2, 0.25) is 0 Å². The van der Waals surface area contributed by atoms with Crippen LogP contribution < -0.4 is 15.5 Å². The van der Waals surface area contributed by atoms with Crippen molar-refractivity contribution in [1.29, 1.82) is 0 Å². The van der Waals surface area contributed by atoms with Crippen LogP contribution in [0.1, 0.15) is 25.7 Å². The number of nitrogens with one attached hydrogen (secondary N) is 2. The number of allylic oxidation sites excluding steroid dienone is 2. The molecule has 0 amide bonds. The zero-order chi connectivity index (χ0) is 16.8. The third-order valence-corrected chi connectivity index (χ3v) is 5.02. The van der Waals surface area contributed by atoms with Crippen molar-refractivity contribution in [2.24, 2.45) is 10.9 Å². The van der Waals surface area contributed by atoms with Crippen LogP contribution in [-0.2, 0) is 0 Å². The molecule has 5 nitrogen and oxygen atoms in total. The molecule has 0 aromatic carbocycles. The zero-order valence-corrected chi connectivity index (χ0v) is 15.0. The van der Waals surface area contributed by atoms with Gasteiger partial charge in [-0.15, -0.1) is 0 Å². The number of halogens is 1. The Morgan fingerprint density at radius 1 is 1.42 bits per heavy atom. The fraction of sp³-hybridized carbons (Fsp3) is 0.556. The Labute approximate surface area is 149 Å². The molecule has 2 heterocycles. The van der Waals surface area contributed by atoms with Crippen molar-refractivity contribution in [2.45, 2.75) is 31.7 Å². The molecule has 24 heavy (non-hydrogen) atoms. The summed E-state index contributed by atoms with van der Waals surface area (Å²) >= 11 is 6.25. The van der Waals surface area contributed by atoms with Crippen molar-refractivity contribution >= 4 is 23.4 Å². The van der Waals surface area contributed by atoms with Crippen LogP contribution in [0.2, 0.25) is 5.02 Å². The molecule has 0 spiro atoms. The molecule has 2 atom stereocenters. The largest absolute Gasteiger partial charge is 0.356 e. The quantitative estimate of drug-likeness (QED) is 0.499. The smallest absolute Gasteiger partial charge is 0.191 e. The number of pyridine rings is 1. The summed E-state index contributed by atoms with van der Waals surface area (Å²) in [5.41, 5.74) is 0. The second-order valence-electron chi connectivity index (χ2n) is 6.49. The minimum absolute atomic E-state index is 0.362. The Hall–Kier alpha value is -1.75. The number of aliphatic imine (C=N–C) groups is 1. The normalized spacial score (nSPS) is 24.2. The van der Waals surface area contributed by atoms with Crippen molar-refractivity contribution in [3.8, 4) is 0 Å². The minimum atomic E-state index is 0.362. The van der Waals surface area contributed by atoms with Crippen LogP contribution >= 0.6 is 11.6 Å². The van der Waals surface area contributed by atoms with Gasteiger partial charge in [0.25, 0.3) is 0 Å². The molecule has 3 rings (SSSR count). The lowest BCUT2D eigenvalue weighted by atomic mass is 9.94. The van der Waals surface area contributed by atoms with Crippen LogP contribution in [0.3, 0.4) is 0 Å². The SMILES string of the molecule is CN=C(NCC1CC=CCC1)NC1CCN(c2ncccc2Cl)C1. The molecule has 2 N–H and O–H groups in total. The number of aromatic nitrogens is 1. The highest BCUT2D eigenvalue weighted by Crippen LogP contribution is 2.25. The topological polar surface area (TPSA) is 52.6 Å². The van der Waals surface area contributed by atoms with Crippen LogP contribution in [0.15, 0.2) is 35.5 Å². The Morgan fingerprint density at radius 2 is 2.33 bits per heavy atom. The number of nitrogens with zero attached hydrogens (tertiary/aromatic N) is 3. The predicted molar refractivity (Wildman–Crippen MR) is 101 cm³/mol. The first-order chi connectivity index (χ1) is 11.8. The summed E-state index contributed by atoms with van der Waals surface area (Å²) in [5.74, 6) is 2.48. The van der Waals surface area contributed by atoms with Gasteiger partial charge in [-0.05, 0) is 43.7 Å². The van der Waals surface area contributed by atoms with Gasteiger partial charge in [-0.1, -0.05) is 23.8 Å². The highest BCUT2D eigenvalue weighted by atomic mass is 35.5. The van der Waals surface area contributed by atoms with E-state index in [2.05, 4.69) is 37.7 Å². The lowest BCUT2D eigenvalue weighted by Crippen LogP contribution is -2.46. The van der Waals surface area contributed by atoms with Gasteiger partial charge in [0.15, 0.2) is 5.96 Å². The number of hydrogen-bond donors (Lipinski definition) is 2. The molecular formula is C18H26ClN5. The number of guanidine groups is 1. The summed E-state index contributed by atoms with van der Waals surface area (Å²) in [6.45, 7) is 2.83. The molecule has 2 unspecified atom stereocenters. The standard InChI is InChI=1S/C18H26ClN5/c1-20-18(22-12-14-6-3-2-4-7-14)23-15-9-11-24(13-15)17-16(19)8-5-10-21-17/h2-3,5,8,10,14-15H,4,6-7,9,11-13H2,1H3,(H2,20,22,23). The monoisotopic (exact) mass is 347 g/mol. The lowest BCUT2D eigenvalue weighted by molar-refractivity contribution is 0.468. The summed E-state index contributed by atoms with van der Waals surface area (Å²) in [6.07, 6.45) is 11.0. The number of hydrogen-bond acceptors (Lipinski definition) is 3. The van der Waals surface area contributed by atoms with Gasteiger partial charge in [-0.2, -0.15) is 0 Å². The van der Waals surface area contributed by atoms with E-state index in [4.69, 9.17) is 11.6 Å². The molecule has 6 heteroatoms. The second kappa shape index (κ2) is 8.38. The Kier molecular flexibility index (Phi) is 5.96. The van der Waals surface area contributed by atoms with Gasteiger partial charge in [0, 0.05) is 38.9 Å². The van der Waals surface area contributed by atoms with E-state index in [9.17, 15) is 0 Å². The molecule has 1 fully saturated rings. The molecule has 0 saturated carbocycles. The molecule has 1 aliphatic carbocycles. The molecule has 1 saturated heterocycles. The minimum Gasteiger partial charge on any atom is -0.356 e. The molecule has 0 radical (unpaired) electrons. The first kappa shape index (κ1) is 17.1. The summed E-state index contributed by atoms with van der Waals surface area (Å²) in [6, 6.07) is 4.12.